The summed E-state index contributed by atoms with van der Waals surface area (Å²) in [4.78, 5) is 39.4. The second-order valence-electron chi connectivity index (χ2n) is 6.11. The van der Waals surface area contributed by atoms with Gasteiger partial charge in [0.2, 0.25) is 11.8 Å². The van der Waals surface area contributed by atoms with Crippen LogP contribution in [-0.2, 0) is 27.2 Å². The molecule has 2 amide bonds. The van der Waals surface area contributed by atoms with Crippen LogP contribution < -0.4 is 10.6 Å². The van der Waals surface area contributed by atoms with Gasteiger partial charge in [-0.1, -0.05) is 44.2 Å². The normalized spacial score (nSPS) is 11.8. The summed E-state index contributed by atoms with van der Waals surface area (Å²) in [7, 11) is 0. The topological polar surface area (TPSA) is 108 Å². The van der Waals surface area contributed by atoms with Crippen LogP contribution in [0.4, 0.5) is 5.13 Å². The number of hydrogen-bond donors (Lipinski definition) is 3. The zero-order valence-corrected chi connectivity index (χ0v) is 15.4. The average molecular weight is 375 g/mol. The monoisotopic (exact) mass is 375 g/mol. The number of nitrogens with one attached hydrogen (secondary N) is 2. The summed E-state index contributed by atoms with van der Waals surface area (Å²) in [5, 5.41) is 16.6. The number of aromatic nitrogens is 1. The molecule has 0 aliphatic rings. The number of amides is 2. The van der Waals surface area contributed by atoms with Crippen LogP contribution >= 0.6 is 11.3 Å². The number of hydrogen-bond acceptors (Lipinski definition) is 5. The first-order valence-corrected chi connectivity index (χ1v) is 9.04. The van der Waals surface area contributed by atoms with Crippen molar-refractivity contribution >= 4 is 34.3 Å². The van der Waals surface area contributed by atoms with E-state index in [2.05, 4.69) is 15.6 Å². The van der Waals surface area contributed by atoms with Crippen molar-refractivity contribution < 1.29 is 19.5 Å². The van der Waals surface area contributed by atoms with Gasteiger partial charge >= 0.3 is 5.97 Å². The fraction of sp³-hybridized carbons (Fsp3) is 0.333. The van der Waals surface area contributed by atoms with Crippen molar-refractivity contribution in [3.8, 4) is 0 Å². The van der Waals surface area contributed by atoms with E-state index < -0.39 is 17.9 Å². The van der Waals surface area contributed by atoms with Crippen LogP contribution in [0.2, 0.25) is 0 Å². The van der Waals surface area contributed by atoms with E-state index in [1.807, 2.05) is 30.3 Å². The number of carboxylic acids is 1. The first-order chi connectivity index (χ1) is 12.3. The summed E-state index contributed by atoms with van der Waals surface area (Å²) in [6, 6.07) is 8.09. The molecule has 1 atom stereocenters. The number of nitrogens with zero attached hydrogens (tertiary/aromatic N) is 1. The van der Waals surface area contributed by atoms with Gasteiger partial charge in [-0.25, -0.2) is 9.78 Å². The summed E-state index contributed by atoms with van der Waals surface area (Å²) in [6.45, 7) is 3.55. The number of carbonyl (C=O) groups excluding carboxylic acids is 2. The Morgan fingerprint density at radius 2 is 1.88 bits per heavy atom. The van der Waals surface area contributed by atoms with Gasteiger partial charge in [0.15, 0.2) is 5.13 Å². The zero-order chi connectivity index (χ0) is 19.1. The van der Waals surface area contributed by atoms with Crippen molar-refractivity contribution in [1.82, 2.24) is 10.3 Å². The average Bonchev–Trinajstić information content (AvgIpc) is 3.01. The Balaban J connectivity index is 1.93. The molecule has 2 aromatic rings. The number of anilines is 1. The summed E-state index contributed by atoms with van der Waals surface area (Å²) in [6.07, 6.45) is 0.154. The van der Waals surface area contributed by atoms with Gasteiger partial charge in [-0.2, -0.15) is 0 Å². The highest BCUT2D eigenvalue weighted by atomic mass is 32.1. The number of carboxylic acid groups (broad SMARTS) is 1. The van der Waals surface area contributed by atoms with Crippen LogP contribution in [0.25, 0.3) is 0 Å². The predicted molar refractivity (Wildman–Crippen MR) is 99.0 cm³/mol. The van der Waals surface area contributed by atoms with Crippen LogP contribution in [0.5, 0.6) is 0 Å². The molecule has 3 N–H and O–H groups in total. The summed E-state index contributed by atoms with van der Waals surface area (Å²) >= 11 is 1.23. The molecule has 1 aromatic carbocycles. The Labute approximate surface area is 155 Å². The molecule has 0 aliphatic heterocycles. The molecular weight excluding hydrogens is 354 g/mol. The van der Waals surface area contributed by atoms with Crippen LogP contribution in [-0.4, -0.2) is 33.9 Å². The van der Waals surface area contributed by atoms with E-state index in [-0.39, 0.29) is 24.7 Å². The molecule has 0 aliphatic carbocycles. The van der Waals surface area contributed by atoms with E-state index in [0.29, 0.717) is 10.8 Å². The standard InChI is InChI=1S/C18H21N3O4S/c1-11(2)16(23)21-18-19-13(10-26-18)9-15(22)20-14(17(24)25)8-12-6-4-3-5-7-12/h3-7,10-11,14H,8-9H2,1-2H3,(H,20,22)(H,24,25)(H,19,21,23). The van der Waals surface area contributed by atoms with Crippen LogP contribution in [0, 0.1) is 5.92 Å². The fourth-order valence-corrected chi connectivity index (χ4v) is 2.87. The lowest BCUT2D eigenvalue weighted by atomic mass is 10.1. The molecule has 0 saturated heterocycles. The van der Waals surface area contributed by atoms with E-state index in [9.17, 15) is 19.5 Å². The van der Waals surface area contributed by atoms with Crippen LogP contribution in [0.1, 0.15) is 25.1 Å². The van der Waals surface area contributed by atoms with Crippen molar-refractivity contribution in [3.63, 3.8) is 0 Å². The molecule has 7 nitrogen and oxygen atoms in total. The van der Waals surface area contributed by atoms with Gasteiger partial charge in [0.05, 0.1) is 12.1 Å². The lowest BCUT2D eigenvalue weighted by molar-refractivity contribution is -0.141. The third-order valence-electron chi connectivity index (χ3n) is 3.56. The Kier molecular flexibility index (Phi) is 6.85. The van der Waals surface area contributed by atoms with Crippen molar-refractivity contribution in [3.05, 3.63) is 47.0 Å². The van der Waals surface area contributed by atoms with Gasteiger partial charge in [-0.05, 0) is 5.56 Å². The van der Waals surface area contributed by atoms with E-state index in [1.165, 1.54) is 11.3 Å². The van der Waals surface area contributed by atoms with E-state index in [4.69, 9.17) is 0 Å². The molecule has 26 heavy (non-hydrogen) atoms. The number of carbonyl (C=O) groups is 3. The minimum Gasteiger partial charge on any atom is -0.480 e. The molecule has 0 saturated carbocycles. The Bertz CT molecular complexity index is 774. The lowest BCUT2D eigenvalue weighted by Gasteiger charge is -2.14. The maximum Gasteiger partial charge on any atom is 0.326 e. The molecule has 0 fully saturated rings. The summed E-state index contributed by atoms with van der Waals surface area (Å²) in [5.41, 5.74) is 1.31. The van der Waals surface area contributed by atoms with Crippen LogP contribution in [0.15, 0.2) is 35.7 Å². The summed E-state index contributed by atoms with van der Waals surface area (Å²) in [5.74, 6) is -1.84. The molecular formula is C18H21N3O4S. The summed E-state index contributed by atoms with van der Waals surface area (Å²) < 4.78 is 0. The van der Waals surface area contributed by atoms with Crippen molar-refractivity contribution in [1.29, 1.82) is 0 Å². The van der Waals surface area contributed by atoms with E-state index in [1.54, 1.807) is 19.2 Å². The maximum atomic E-state index is 12.2. The fourth-order valence-electron chi connectivity index (χ4n) is 2.16. The van der Waals surface area contributed by atoms with Gasteiger partial charge in [0.25, 0.3) is 0 Å². The SMILES string of the molecule is CC(C)C(=O)Nc1nc(CC(=O)NC(Cc2ccccc2)C(=O)O)cs1. The zero-order valence-electron chi connectivity index (χ0n) is 14.6. The first-order valence-electron chi connectivity index (χ1n) is 8.16. The highest BCUT2D eigenvalue weighted by Crippen LogP contribution is 2.16. The number of rotatable bonds is 8. The van der Waals surface area contributed by atoms with Gasteiger partial charge in [-0.3, -0.25) is 9.59 Å². The van der Waals surface area contributed by atoms with Crippen molar-refractivity contribution in [2.24, 2.45) is 5.92 Å². The largest absolute Gasteiger partial charge is 0.480 e. The van der Waals surface area contributed by atoms with Crippen molar-refractivity contribution in [2.75, 3.05) is 5.32 Å². The minimum absolute atomic E-state index is 0.0490. The van der Waals surface area contributed by atoms with Gasteiger partial charge in [-0.15, -0.1) is 11.3 Å². The molecule has 0 bridgehead atoms. The van der Waals surface area contributed by atoms with Crippen molar-refractivity contribution in [2.45, 2.75) is 32.7 Å². The number of aliphatic carboxylic acids is 1. The Morgan fingerprint density at radius 1 is 1.19 bits per heavy atom. The quantitative estimate of drug-likeness (QED) is 0.655. The van der Waals surface area contributed by atoms with Gasteiger partial charge in [0, 0.05) is 17.7 Å². The maximum absolute atomic E-state index is 12.2. The van der Waals surface area contributed by atoms with E-state index >= 15 is 0 Å². The lowest BCUT2D eigenvalue weighted by Crippen LogP contribution is -2.43. The Hall–Kier alpha value is -2.74. The third kappa shape index (κ3) is 5.96. The second kappa shape index (κ2) is 9.10. The minimum atomic E-state index is -1.09. The molecule has 1 aromatic heterocycles. The second-order valence-corrected chi connectivity index (χ2v) is 6.97. The van der Waals surface area contributed by atoms with E-state index in [0.717, 1.165) is 5.56 Å². The Morgan fingerprint density at radius 3 is 2.50 bits per heavy atom. The highest BCUT2D eigenvalue weighted by Gasteiger charge is 2.21. The highest BCUT2D eigenvalue weighted by molar-refractivity contribution is 7.13. The van der Waals surface area contributed by atoms with Gasteiger partial charge in [0.1, 0.15) is 6.04 Å². The number of thiazole rings is 1. The first kappa shape index (κ1) is 19.6. The number of benzene rings is 1. The van der Waals surface area contributed by atoms with Gasteiger partial charge < -0.3 is 15.7 Å². The molecule has 8 heteroatoms. The molecule has 0 spiro atoms. The molecule has 1 heterocycles. The molecule has 2 rings (SSSR count). The van der Waals surface area contributed by atoms with Crippen LogP contribution in [0.3, 0.4) is 0 Å². The predicted octanol–water partition coefficient (Wildman–Crippen LogP) is 2.09. The molecule has 0 radical (unpaired) electrons. The molecule has 138 valence electrons. The third-order valence-corrected chi connectivity index (χ3v) is 4.37. The molecule has 1 unspecified atom stereocenters. The smallest absolute Gasteiger partial charge is 0.326 e.